The Labute approximate surface area is 153 Å². The summed E-state index contributed by atoms with van der Waals surface area (Å²) in [5.41, 5.74) is 0. The summed E-state index contributed by atoms with van der Waals surface area (Å²) < 4.78 is 14.1. The topological polar surface area (TPSA) is 77.9 Å². The fraction of sp³-hybridized carbons (Fsp3) is 0.389. The first-order valence-corrected chi connectivity index (χ1v) is 9.12. The van der Waals surface area contributed by atoms with E-state index < -0.39 is 11.9 Å². The van der Waals surface area contributed by atoms with E-state index in [-0.39, 0.29) is 30.7 Å². The lowest BCUT2D eigenvalue weighted by Gasteiger charge is -2.31. The second-order valence-electron chi connectivity index (χ2n) is 6.47. The molecule has 6 nitrogen and oxygen atoms in total. The number of amides is 2. The van der Waals surface area contributed by atoms with Crippen LogP contribution in [0.15, 0.2) is 24.3 Å². The van der Waals surface area contributed by atoms with Gasteiger partial charge in [0.05, 0.1) is 17.3 Å². The van der Waals surface area contributed by atoms with Gasteiger partial charge in [-0.3, -0.25) is 14.4 Å². The Morgan fingerprint density at radius 1 is 1.35 bits per heavy atom. The number of carbonyl (C=O) groups excluding carboxylic acids is 2. The SMILES string of the molecule is CN(CC(=O)N1CCCC(C(=O)O)C1)C(=O)c1cc2cc(F)ccc2s1. The van der Waals surface area contributed by atoms with Crippen LogP contribution < -0.4 is 0 Å². The zero-order chi connectivity index (χ0) is 18.8. The van der Waals surface area contributed by atoms with E-state index in [1.165, 1.54) is 40.3 Å². The molecule has 8 heteroatoms. The second-order valence-corrected chi connectivity index (χ2v) is 7.55. The Morgan fingerprint density at radius 3 is 2.85 bits per heavy atom. The van der Waals surface area contributed by atoms with Gasteiger partial charge in [-0.05, 0) is 42.5 Å². The third-order valence-electron chi connectivity index (χ3n) is 4.53. The molecule has 0 bridgehead atoms. The number of hydrogen-bond donors (Lipinski definition) is 1. The van der Waals surface area contributed by atoms with Crippen molar-refractivity contribution in [2.75, 3.05) is 26.7 Å². The molecule has 0 radical (unpaired) electrons. The molecule has 0 spiro atoms. The number of piperidine rings is 1. The monoisotopic (exact) mass is 378 g/mol. The van der Waals surface area contributed by atoms with Crippen molar-refractivity contribution in [2.24, 2.45) is 5.92 Å². The molecule has 3 rings (SSSR count). The number of carboxylic acid groups (broad SMARTS) is 1. The van der Waals surface area contributed by atoms with Gasteiger partial charge in [0.25, 0.3) is 5.91 Å². The van der Waals surface area contributed by atoms with Crippen LogP contribution in [0.1, 0.15) is 22.5 Å². The predicted molar refractivity (Wildman–Crippen MR) is 95.7 cm³/mol. The van der Waals surface area contributed by atoms with Gasteiger partial charge in [-0.25, -0.2) is 4.39 Å². The van der Waals surface area contributed by atoms with E-state index in [0.29, 0.717) is 29.6 Å². The van der Waals surface area contributed by atoms with Crippen LogP contribution in [0.4, 0.5) is 4.39 Å². The van der Waals surface area contributed by atoms with Crippen LogP contribution in [0, 0.1) is 11.7 Å². The average molecular weight is 378 g/mol. The molecule has 1 fully saturated rings. The van der Waals surface area contributed by atoms with E-state index in [0.717, 1.165) is 4.70 Å². The molecule has 1 saturated heterocycles. The lowest BCUT2D eigenvalue weighted by atomic mass is 9.98. The van der Waals surface area contributed by atoms with Gasteiger partial charge in [-0.1, -0.05) is 0 Å². The molecule has 0 saturated carbocycles. The molecule has 26 heavy (non-hydrogen) atoms. The maximum Gasteiger partial charge on any atom is 0.308 e. The van der Waals surface area contributed by atoms with E-state index in [2.05, 4.69) is 0 Å². The quantitative estimate of drug-likeness (QED) is 0.886. The van der Waals surface area contributed by atoms with Crippen molar-refractivity contribution in [1.82, 2.24) is 9.80 Å². The van der Waals surface area contributed by atoms with Gasteiger partial charge in [-0.2, -0.15) is 0 Å². The maximum absolute atomic E-state index is 13.3. The first kappa shape index (κ1) is 18.3. The number of thiophene rings is 1. The van der Waals surface area contributed by atoms with Gasteiger partial charge in [0.1, 0.15) is 5.82 Å². The fourth-order valence-corrected chi connectivity index (χ4v) is 4.13. The van der Waals surface area contributed by atoms with Crippen molar-refractivity contribution in [3.05, 3.63) is 35.0 Å². The lowest BCUT2D eigenvalue weighted by molar-refractivity contribution is -0.145. The number of carboxylic acids is 1. The van der Waals surface area contributed by atoms with Crippen LogP contribution in [0.25, 0.3) is 10.1 Å². The van der Waals surface area contributed by atoms with E-state index in [9.17, 15) is 18.8 Å². The van der Waals surface area contributed by atoms with Crippen molar-refractivity contribution in [3.63, 3.8) is 0 Å². The van der Waals surface area contributed by atoms with Gasteiger partial charge in [0.15, 0.2) is 0 Å². The van der Waals surface area contributed by atoms with E-state index in [1.807, 2.05) is 0 Å². The number of aliphatic carboxylic acids is 1. The summed E-state index contributed by atoms with van der Waals surface area (Å²) in [5, 5.41) is 9.77. The molecule has 138 valence electrons. The van der Waals surface area contributed by atoms with Crippen LogP contribution in [0.3, 0.4) is 0 Å². The summed E-state index contributed by atoms with van der Waals surface area (Å²) in [5.74, 6) is -2.39. The smallest absolute Gasteiger partial charge is 0.308 e. The Hall–Kier alpha value is -2.48. The summed E-state index contributed by atoms with van der Waals surface area (Å²) in [6, 6.07) is 5.95. The average Bonchev–Trinajstić information content (AvgIpc) is 3.04. The van der Waals surface area contributed by atoms with E-state index in [1.54, 1.807) is 12.1 Å². The number of hydrogen-bond acceptors (Lipinski definition) is 4. The van der Waals surface area contributed by atoms with Gasteiger partial charge >= 0.3 is 5.97 Å². The van der Waals surface area contributed by atoms with Crippen LogP contribution in [-0.2, 0) is 9.59 Å². The highest BCUT2D eigenvalue weighted by Crippen LogP contribution is 2.27. The minimum atomic E-state index is -0.899. The Bertz CT molecular complexity index is 866. The number of likely N-dealkylation sites (tertiary alicyclic amines) is 1. The molecule has 1 aliphatic heterocycles. The van der Waals surface area contributed by atoms with Gasteiger partial charge in [-0.15, -0.1) is 11.3 Å². The van der Waals surface area contributed by atoms with Crippen LogP contribution >= 0.6 is 11.3 Å². The van der Waals surface area contributed by atoms with Crippen LogP contribution in [-0.4, -0.2) is 59.4 Å². The largest absolute Gasteiger partial charge is 0.481 e. The number of nitrogens with zero attached hydrogens (tertiary/aromatic N) is 2. The molecule has 2 amide bonds. The summed E-state index contributed by atoms with van der Waals surface area (Å²) in [4.78, 5) is 39.4. The molecular formula is C18H19FN2O4S. The summed E-state index contributed by atoms with van der Waals surface area (Å²) >= 11 is 1.25. The third kappa shape index (κ3) is 3.85. The summed E-state index contributed by atoms with van der Waals surface area (Å²) in [6.45, 7) is 0.568. The Kier molecular flexibility index (Phi) is 5.22. The molecule has 2 aromatic rings. The summed E-state index contributed by atoms with van der Waals surface area (Å²) in [6.07, 6.45) is 1.20. The number of likely N-dealkylation sites (N-methyl/N-ethyl adjacent to an activating group) is 1. The van der Waals surface area contributed by atoms with Gasteiger partial charge in [0.2, 0.25) is 5.91 Å². The Balaban J connectivity index is 1.66. The first-order chi connectivity index (χ1) is 12.3. The third-order valence-corrected chi connectivity index (χ3v) is 5.64. The lowest BCUT2D eigenvalue weighted by Crippen LogP contribution is -2.46. The molecule has 1 aromatic carbocycles. The number of halogens is 1. The predicted octanol–water partition coefficient (Wildman–Crippen LogP) is 2.44. The van der Waals surface area contributed by atoms with Crippen molar-refractivity contribution < 1.29 is 23.9 Å². The molecule has 1 unspecified atom stereocenters. The second kappa shape index (κ2) is 7.41. The minimum absolute atomic E-state index is 0.117. The highest BCUT2D eigenvalue weighted by atomic mass is 32.1. The Morgan fingerprint density at radius 2 is 2.12 bits per heavy atom. The van der Waals surface area contributed by atoms with Crippen molar-refractivity contribution >= 4 is 39.2 Å². The highest BCUT2D eigenvalue weighted by molar-refractivity contribution is 7.20. The first-order valence-electron chi connectivity index (χ1n) is 8.30. The van der Waals surface area contributed by atoms with Crippen LogP contribution in [0.5, 0.6) is 0 Å². The molecule has 1 atom stereocenters. The molecule has 1 aromatic heterocycles. The zero-order valence-corrected chi connectivity index (χ0v) is 15.1. The fourth-order valence-electron chi connectivity index (χ4n) is 3.09. The number of rotatable bonds is 4. The van der Waals surface area contributed by atoms with Gasteiger partial charge in [0, 0.05) is 24.8 Å². The molecule has 1 N–H and O–H groups in total. The van der Waals surface area contributed by atoms with Crippen molar-refractivity contribution in [2.45, 2.75) is 12.8 Å². The minimum Gasteiger partial charge on any atom is -0.481 e. The van der Waals surface area contributed by atoms with E-state index >= 15 is 0 Å². The number of carbonyl (C=O) groups is 3. The van der Waals surface area contributed by atoms with E-state index in [4.69, 9.17) is 5.11 Å². The zero-order valence-electron chi connectivity index (χ0n) is 14.3. The normalized spacial score (nSPS) is 17.3. The molecule has 2 heterocycles. The molecular weight excluding hydrogens is 359 g/mol. The molecule has 0 aliphatic carbocycles. The number of fused-ring (bicyclic) bond motifs is 1. The van der Waals surface area contributed by atoms with Crippen molar-refractivity contribution in [3.8, 4) is 0 Å². The van der Waals surface area contributed by atoms with Crippen LogP contribution in [0.2, 0.25) is 0 Å². The van der Waals surface area contributed by atoms with Gasteiger partial charge < -0.3 is 14.9 Å². The maximum atomic E-state index is 13.3. The van der Waals surface area contributed by atoms with Crippen molar-refractivity contribution in [1.29, 1.82) is 0 Å². The summed E-state index contributed by atoms with van der Waals surface area (Å²) in [7, 11) is 1.53. The number of benzene rings is 1. The molecule has 1 aliphatic rings. The standard InChI is InChI=1S/C18H19FN2O4S/c1-20(10-16(22)21-6-2-3-11(9-21)18(24)25)17(23)15-8-12-7-13(19)4-5-14(12)26-15/h4-5,7-8,11H,2-3,6,9-10H2,1H3,(H,24,25). The highest BCUT2D eigenvalue weighted by Gasteiger charge is 2.29.